The van der Waals surface area contributed by atoms with Gasteiger partial charge in [-0.25, -0.2) is 14.2 Å². The van der Waals surface area contributed by atoms with E-state index in [0.29, 0.717) is 26.0 Å². The highest BCUT2D eigenvalue weighted by Gasteiger charge is 2.30. The number of halogens is 2. The zero-order valence-electron chi connectivity index (χ0n) is 12.6. The summed E-state index contributed by atoms with van der Waals surface area (Å²) in [6, 6.07) is 7.04. The number of methoxy groups -OCH3 is 3. The minimum Gasteiger partial charge on any atom is -0.497 e. The van der Waals surface area contributed by atoms with Gasteiger partial charge in [-0.05, 0) is 56.1 Å². The van der Waals surface area contributed by atoms with Crippen LogP contribution in [-0.2, 0) is 9.47 Å². The van der Waals surface area contributed by atoms with Crippen molar-refractivity contribution < 1.29 is 23.8 Å². The molecule has 0 fully saturated rings. The maximum Gasteiger partial charge on any atom is 0.419 e. The highest BCUT2D eigenvalue weighted by atomic mass is 79.9. The third kappa shape index (κ3) is 3.13. The lowest BCUT2D eigenvalue weighted by Gasteiger charge is -2.10. The van der Waals surface area contributed by atoms with E-state index in [9.17, 15) is 9.59 Å². The number of carbonyl (C=O) groups excluding carboxylic acids is 2. The number of esters is 1. The van der Waals surface area contributed by atoms with Gasteiger partial charge < -0.3 is 14.2 Å². The molecule has 0 bridgehead atoms. The fraction of sp³-hybridized carbons (Fsp3) is 0.200. The predicted octanol–water partition coefficient (Wildman–Crippen LogP) is 4.09. The second-order valence-corrected chi connectivity index (χ2v) is 5.94. The molecule has 8 heteroatoms. The maximum atomic E-state index is 12.2. The molecule has 0 radical (unpaired) electrons. The van der Waals surface area contributed by atoms with E-state index in [1.165, 1.54) is 14.2 Å². The van der Waals surface area contributed by atoms with Gasteiger partial charge in [0, 0.05) is 5.56 Å². The molecule has 0 saturated heterocycles. The van der Waals surface area contributed by atoms with Crippen molar-refractivity contribution in [1.82, 2.24) is 4.57 Å². The van der Waals surface area contributed by atoms with E-state index in [-0.39, 0.29) is 5.69 Å². The lowest BCUT2D eigenvalue weighted by atomic mass is 10.1. The average Bonchev–Trinajstić information content (AvgIpc) is 2.85. The number of ether oxygens (including phenoxy) is 3. The van der Waals surface area contributed by atoms with Gasteiger partial charge in [0.05, 0.1) is 36.0 Å². The van der Waals surface area contributed by atoms with Crippen LogP contribution in [0, 0.1) is 0 Å². The topological polar surface area (TPSA) is 66.8 Å². The molecule has 0 aliphatic carbocycles. The van der Waals surface area contributed by atoms with Crippen molar-refractivity contribution in [3.05, 3.63) is 38.9 Å². The Balaban J connectivity index is 2.75. The minimum absolute atomic E-state index is 0.0389. The Hall–Kier alpha value is -1.80. The van der Waals surface area contributed by atoms with Crippen LogP contribution in [0.15, 0.2) is 33.2 Å². The molecule has 1 aromatic carbocycles. The highest BCUT2D eigenvalue weighted by Crippen LogP contribution is 2.40. The molecule has 1 aromatic heterocycles. The summed E-state index contributed by atoms with van der Waals surface area (Å²) in [5.41, 5.74) is 1.20. The lowest BCUT2D eigenvalue weighted by Crippen LogP contribution is -2.19. The number of hydrogen-bond acceptors (Lipinski definition) is 5. The summed E-state index contributed by atoms with van der Waals surface area (Å²) in [4.78, 5) is 24.3. The molecule has 1 heterocycles. The van der Waals surface area contributed by atoms with Crippen LogP contribution in [0.25, 0.3) is 11.3 Å². The average molecular weight is 447 g/mol. The third-order valence-corrected chi connectivity index (χ3v) is 5.23. The zero-order chi connectivity index (χ0) is 17.1. The Labute approximate surface area is 149 Å². The van der Waals surface area contributed by atoms with Gasteiger partial charge in [0.2, 0.25) is 0 Å². The van der Waals surface area contributed by atoms with E-state index in [1.807, 2.05) is 0 Å². The zero-order valence-corrected chi connectivity index (χ0v) is 15.7. The normalized spacial score (nSPS) is 10.3. The molecule has 2 rings (SSSR count). The fourth-order valence-electron chi connectivity index (χ4n) is 2.07. The van der Waals surface area contributed by atoms with Crippen LogP contribution in [0.4, 0.5) is 4.79 Å². The number of nitrogens with zero attached hydrogens (tertiary/aromatic N) is 1. The fourth-order valence-corrected chi connectivity index (χ4v) is 3.19. The Morgan fingerprint density at radius 3 is 2.04 bits per heavy atom. The van der Waals surface area contributed by atoms with Gasteiger partial charge in [0.1, 0.15) is 5.75 Å². The van der Waals surface area contributed by atoms with Gasteiger partial charge in [-0.15, -0.1) is 0 Å². The Morgan fingerprint density at radius 2 is 1.57 bits per heavy atom. The molecule has 23 heavy (non-hydrogen) atoms. The van der Waals surface area contributed by atoms with Crippen molar-refractivity contribution in [3.8, 4) is 17.0 Å². The summed E-state index contributed by atoms with van der Waals surface area (Å²) < 4.78 is 16.8. The molecular formula is C15H13Br2NO5. The van der Waals surface area contributed by atoms with Crippen molar-refractivity contribution in [1.29, 1.82) is 0 Å². The van der Waals surface area contributed by atoms with E-state index >= 15 is 0 Å². The molecule has 2 aromatic rings. The first-order chi connectivity index (χ1) is 11.0. The second-order valence-electron chi connectivity index (χ2n) is 4.35. The van der Waals surface area contributed by atoms with E-state index in [0.717, 1.165) is 4.57 Å². The number of aromatic nitrogens is 1. The summed E-state index contributed by atoms with van der Waals surface area (Å²) in [5, 5.41) is 0. The Bertz CT molecular complexity index is 752. The second kappa shape index (κ2) is 7.18. The third-order valence-electron chi connectivity index (χ3n) is 3.16. The van der Waals surface area contributed by atoms with Crippen LogP contribution >= 0.6 is 31.9 Å². The quantitative estimate of drug-likeness (QED) is 0.664. The van der Waals surface area contributed by atoms with E-state index in [2.05, 4.69) is 31.9 Å². The molecular weight excluding hydrogens is 434 g/mol. The van der Waals surface area contributed by atoms with Gasteiger partial charge in [-0.2, -0.15) is 0 Å². The van der Waals surface area contributed by atoms with Crippen LogP contribution < -0.4 is 4.74 Å². The number of carbonyl (C=O) groups is 2. The Kier molecular flexibility index (Phi) is 5.48. The van der Waals surface area contributed by atoms with Gasteiger partial charge in [-0.3, -0.25) is 0 Å². The van der Waals surface area contributed by atoms with Crippen molar-refractivity contribution in [3.63, 3.8) is 0 Å². The monoisotopic (exact) mass is 445 g/mol. The minimum atomic E-state index is -0.706. The molecule has 0 saturated carbocycles. The maximum absolute atomic E-state index is 12.2. The summed E-state index contributed by atoms with van der Waals surface area (Å²) in [6.07, 6.45) is -0.706. The van der Waals surface area contributed by atoms with Crippen molar-refractivity contribution >= 4 is 43.9 Å². The largest absolute Gasteiger partial charge is 0.497 e. The van der Waals surface area contributed by atoms with Crippen molar-refractivity contribution in [2.24, 2.45) is 0 Å². The molecule has 0 spiro atoms. The summed E-state index contributed by atoms with van der Waals surface area (Å²) >= 11 is 6.72. The van der Waals surface area contributed by atoms with Crippen LogP contribution in [-0.4, -0.2) is 38.0 Å². The summed E-state index contributed by atoms with van der Waals surface area (Å²) in [7, 11) is 4.04. The molecule has 0 aliphatic rings. The molecule has 122 valence electrons. The van der Waals surface area contributed by atoms with Gasteiger partial charge in [0.25, 0.3) is 0 Å². The Morgan fingerprint density at radius 1 is 0.957 bits per heavy atom. The summed E-state index contributed by atoms with van der Waals surface area (Å²) in [6.45, 7) is 0. The van der Waals surface area contributed by atoms with Gasteiger partial charge in [-0.1, -0.05) is 0 Å². The van der Waals surface area contributed by atoms with E-state index < -0.39 is 12.1 Å². The van der Waals surface area contributed by atoms with Crippen LogP contribution in [0.1, 0.15) is 10.5 Å². The highest BCUT2D eigenvalue weighted by molar-refractivity contribution is 9.13. The van der Waals surface area contributed by atoms with Gasteiger partial charge >= 0.3 is 12.1 Å². The van der Waals surface area contributed by atoms with Crippen LogP contribution in [0.3, 0.4) is 0 Å². The number of rotatable bonds is 3. The number of hydrogen-bond donors (Lipinski definition) is 0. The summed E-state index contributed by atoms with van der Waals surface area (Å²) in [5.74, 6) is 0.0102. The standard InChI is InChI=1S/C15H13Br2NO5/c1-21-9-6-4-8(5-7-9)12-10(16)11(17)13(14(19)22-2)18(12)15(20)23-3/h4-7H,1-3H3. The molecule has 0 aliphatic heterocycles. The lowest BCUT2D eigenvalue weighted by molar-refractivity contribution is 0.0586. The van der Waals surface area contributed by atoms with Crippen LogP contribution in [0.5, 0.6) is 5.75 Å². The molecule has 0 unspecified atom stereocenters. The SMILES string of the molecule is COC(=O)c1c(Br)c(Br)c(-c2ccc(OC)cc2)n1C(=O)OC. The molecule has 0 atom stereocenters. The number of benzene rings is 1. The molecule has 0 N–H and O–H groups in total. The first-order valence-corrected chi connectivity index (χ1v) is 7.95. The smallest absolute Gasteiger partial charge is 0.419 e. The molecule has 0 amide bonds. The van der Waals surface area contributed by atoms with Crippen molar-refractivity contribution in [2.75, 3.05) is 21.3 Å². The predicted molar refractivity (Wildman–Crippen MR) is 91.0 cm³/mol. The molecule has 6 nitrogen and oxygen atoms in total. The first-order valence-electron chi connectivity index (χ1n) is 6.37. The van der Waals surface area contributed by atoms with Crippen LogP contribution in [0.2, 0.25) is 0 Å². The van der Waals surface area contributed by atoms with Gasteiger partial charge in [0.15, 0.2) is 5.69 Å². The van der Waals surface area contributed by atoms with Crippen molar-refractivity contribution in [2.45, 2.75) is 0 Å². The van der Waals surface area contributed by atoms with E-state index in [4.69, 9.17) is 14.2 Å². The van der Waals surface area contributed by atoms with E-state index in [1.54, 1.807) is 31.4 Å². The first kappa shape index (κ1) is 17.6.